The fourth-order valence-electron chi connectivity index (χ4n) is 0.931. The first kappa shape index (κ1) is 9.22. The lowest BCUT2D eigenvalue weighted by Crippen LogP contribution is -2.16. The van der Waals surface area contributed by atoms with Crippen LogP contribution >= 0.6 is 0 Å². The Morgan fingerprint density at radius 3 is 3.17 bits per heavy atom. The van der Waals surface area contributed by atoms with E-state index in [-0.39, 0.29) is 12.4 Å². The zero-order valence-corrected chi connectivity index (χ0v) is 6.91. The van der Waals surface area contributed by atoms with E-state index in [1.807, 2.05) is 0 Å². The molecule has 0 aliphatic carbocycles. The summed E-state index contributed by atoms with van der Waals surface area (Å²) in [5.74, 6) is 0.341. The Labute approximate surface area is 71.3 Å². The van der Waals surface area contributed by atoms with E-state index in [9.17, 15) is 4.79 Å². The molecule has 1 aliphatic heterocycles. The molecule has 0 fully saturated rings. The summed E-state index contributed by atoms with van der Waals surface area (Å²) in [4.78, 5) is 11.2. The van der Waals surface area contributed by atoms with Gasteiger partial charge in [-0.1, -0.05) is 0 Å². The van der Waals surface area contributed by atoms with Crippen molar-refractivity contribution in [3.8, 4) is 0 Å². The number of Topliss-reactive ketones (excluding diaryl/α,β-unsaturated/α-hetero) is 1. The topological polar surface area (TPSA) is 61.5 Å². The molecule has 4 nitrogen and oxygen atoms in total. The predicted molar refractivity (Wildman–Crippen MR) is 43.5 cm³/mol. The molecule has 0 unspecified atom stereocenters. The molecule has 0 aromatic heterocycles. The van der Waals surface area contributed by atoms with Gasteiger partial charge in [-0.2, -0.15) is 0 Å². The zero-order valence-electron chi connectivity index (χ0n) is 6.91. The van der Waals surface area contributed by atoms with E-state index in [0.717, 1.165) is 6.42 Å². The van der Waals surface area contributed by atoms with Gasteiger partial charge in [-0.15, -0.1) is 0 Å². The van der Waals surface area contributed by atoms with Crippen molar-refractivity contribution in [1.29, 1.82) is 0 Å². The molecular formula is C8H13NO3. The predicted octanol–water partition coefficient (Wildman–Crippen LogP) is -0.165. The van der Waals surface area contributed by atoms with E-state index < -0.39 is 0 Å². The highest BCUT2D eigenvalue weighted by Crippen LogP contribution is 2.09. The molecule has 1 rings (SSSR count). The van der Waals surface area contributed by atoms with Crippen LogP contribution in [0.25, 0.3) is 0 Å². The van der Waals surface area contributed by atoms with Crippen molar-refractivity contribution in [2.45, 2.75) is 6.42 Å². The van der Waals surface area contributed by atoms with E-state index in [1.165, 1.54) is 0 Å². The summed E-state index contributed by atoms with van der Waals surface area (Å²) in [6.07, 6.45) is 2.60. The molecule has 0 saturated carbocycles. The number of carbonyl (C=O) groups is 1. The molecule has 2 N–H and O–H groups in total. The number of hydrogen-bond donors (Lipinski definition) is 1. The zero-order chi connectivity index (χ0) is 8.81. The molecule has 68 valence electrons. The van der Waals surface area contributed by atoms with E-state index in [0.29, 0.717) is 25.5 Å². The van der Waals surface area contributed by atoms with Crippen molar-refractivity contribution in [3.63, 3.8) is 0 Å². The van der Waals surface area contributed by atoms with Crippen LogP contribution in [0.1, 0.15) is 6.42 Å². The molecular weight excluding hydrogens is 158 g/mol. The van der Waals surface area contributed by atoms with E-state index >= 15 is 0 Å². The standard InChI is InChI=1S/C8H13NO3/c9-3-5-11-6-7(10)8-2-1-4-12-8/h2H,1,3-6,9H2. The van der Waals surface area contributed by atoms with Crippen LogP contribution in [0, 0.1) is 0 Å². The van der Waals surface area contributed by atoms with E-state index in [4.69, 9.17) is 15.2 Å². The normalized spacial score (nSPS) is 15.6. The maximum Gasteiger partial charge on any atom is 0.222 e. The van der Waals surface area contributed by atoms with Gasteiger partial charge in [0.05, 0.1) is 13.2 Å². The molecule has 0 spiro atoms. The summed E-state index contributed by atoms with van der Waals surface area (Å²) in [6.45, 7) is 1.53. The number of nitrogens with two attached hydrogens (primary N) is 1. The van der Waals surface area contributed by atoms with Gasteiger partial charge in [0.2, 0.25) is 5.78 Å². The van der Waals surface area contributed by atoms with Gasteiger partial charge < -0.3 is 15.2 Å². The van der Waals surface area contributed by atoms with Gasteiger partial charge in [-0.25, -0.2) is 0 Å². The number of carbonyl (C=O) groups excluding carboxylic acids is 1. The Bertz CT molecular complexity index is 189. The van der Waals surface area contributed by atoms with Crippen LogP contribution in [0.15, 0.2) is 11.8 Å². The van der Waals surface area contributed by atoms with Gasteiger partial charge in [0.15, 0.2) is 5.76 Å². The minimum absolute atomic E-state index is 0.0725. The van der Waals surface area contributed by atoms with Crippen LogP contribution in [-0.4, -0.2) is 32.1 Å². The van der Waals surface area contributed by atoms with Crippen LogP contribution in [0.2, 0.25) is 0 Å². The van der Waals surface area contributed by atoms with Crippen LogP contribution in [-0.2, 0) is 14.3 Å². The number of rotatable bonds is 5. The first-order valence-electron chi connectivity index (χ1n) is 3.98. The fraction of sp³-hybridized carbons (Fsp3) is 0.625. The molecule has 0 radical (unpaired) electrons. The Balaban J connectivity index is 2.19. The summed E-state index contributed by atoms with van der Waals surface area (Å²) >= 11 is 0. The molecule has 0 bridgehead atoms. The quantitative estimate of drug-likeness (QED) is 0.583. The van der Waals surface area contributed by atoms with Gasteiger partial charge in [-0.3, -0.25) is 4.79 Å². The highest BCUT2D eigenvalue weighted by Gasteiger charge is 2.14. The Kier molecular flexibility index (Phi) is 3.76. The lowest BCUT2D eigenvalue weighted by molar-refractivity contribution is -0.122. The van der Waals surface area contributed by atoms with E-state index in [1.54, 1.807) is 6.08 Å². The smallest absolute Gasteiger partial charge is 0.222 e. The van der Waals surface area contributed by atoms with Crippen molar-refractivity contribution < 1.29 is 14.3 Å². The average Bonchev–Trinajstić information content (AvgIpc) is 2.56. The maximum atomic E-state index is 11.2. The summed E-state index contributed by atoms with van der Waals surface area (Å²) < 4.78 is 10.0. The highest BCUT2D eigenvalue weighted by molar-refractivity contribution is 5.94. The second kappa shape index (κ2) is 4.90. The average molecular weight is 171 g/mol. The van der Waals surface area contributed by atoms with Crippen LogP contribution in [0.5, 0.6) is 0 Å². The summed E-state index contributed by atoms with van der Waals surface area (Å²) in [5, 5.41) is 0. The molecule has 0 aromatic rings. The third-order valence-electron chi connectivity index (χ3n) is 1.48. The van der Waals surface area contributed by atoms with Gasteiger partial charge in [-0.05, 0) is 6.08 Å². The van der Waals surface area contributed by atoms with E-state index in [2.05, 4.69) is 0 Å². The fourth-order valence-corrected chi connectivity index (χ4v) is 0.931. The monoisotopic (exact) mass is 171 g/mol. The number of ether oxygens (including phenoxy) is 2. The second-order valence-corrected chi connectivity index (χ2v) is 2.47. The SMILES string of the molecule is NCCOCC(=O)C1=CCCO1. The number of ketones is 1. The summed E-state index contributed by atoms with van der Waals surface area (Å²) in [5.41, 5.74) is 5.19. The first-order chi connectivity index (χ1) is 5.84. The van der Waals surface area contributed by atoms with Crippen LogP contribution < -0.4 is 5.73 Å². The van der Waals surface area contributed by atoms with Gasteiger partial charge >= 0.3 is 0 Å². The minimum Gasteiger partial charge on any atom is -0.490 e. The van der Waals surface area contributed by atoms with Gasteiger partial charge in [0.1, 0.15) is 6.61 Å². The molecule has 0 amide bonds. The lowest BCUT2D eigenvalue weighted by Gasteiger charge is -2.02. The molecule has 4 heteroatoms. The van der Waals surface area contributed by atoms with Gasteiger partial charge in [0.25, 0.3) is 0 Å². The third-order valence-corrected chi connectivity index (χ3v) is 1.48. The van der Waals surface area contributed by atoms with Crippen molar-refractivity contribution >= 4 is 5.78 Å². The molecule has 0 aromatic carbocycles. The minimum atomic E-state index is -0.0963. The van der Waals surface area contributed by atoms with Crippen molar-refractivity contribution in [1.82, 2.24) is 0 Å². The molecule has 1 aliphatic rings. The maximum absolute atomic E-state index is 11.2. The lowest BCUT2D eigenvalue weighted by atomic mass is 10.3. The summed E-state index contributed by atoms with van der Waals surface area (Å²) in [6, 6.07) is 0. The van der Waals surface area contributed by atoms with Crippen molar-refractivity contribution in [2.75, 3.05) is 26.4 Å². The Hall–Kier alpha value is -0.870. The molecule has 12 heavy (non-hydrogen) atoms. The Morgan fingerprint density at radius 2 is 2.58 bits per heavy atom. The molecule has 0 saturated heterocycles. The van der Waals surface area contributed by atoms with Crippen molar-refractivity contribution in [2.24, 2.45) is 5.73 Å². The number of hydrogen-bond acceptors (Lipinski definition) is 4. The second-order valence-electron chi connectivity index (χ2n) is 2.47. The highest BCUT2D eigenvalue weighted by atomic mass is 16.5. The van der Waals surface area contributed by atoms with Crippen LogP contribution in [0.4, 0.5) is 0 Å². The summed E-state index contributed by atoms with van der Waals surface area (Å²) in [7, 11) is 0. The molecule has 0 atom stereocenters. The van der Waals surface area contributed by atoms with Crippen LogP contribution in [0.3, 0.4) is 0 Å². The molecule has 1 heterocycles. The Morgan fingerprint density at radius 1 is 1.75 bits per heavy atom. The third kappa shape index (κ3) is 2.64. The largest absolute Gasteiger partial charge is 0.490 e. The van der Waals surface area contributed by atoms with Crippen molar-refractivity contribution in [3.05, 3.63) is 11.8 Å². The first-order valence-corrected chi connectivity index (χ1v) is 3.98. The van der Waals surface area contributed by atoms with Gasteiger partial charge in [0, 0.05) is 13.0 Å².